The van der Waals surface area contributed by atoms with Crippen LogP contribution in [0.5, 0.6) is 0 Å². The van der Waals surface area contributed by atoms with Gasteiger partial charge in [-0.05, 0) is 0 Å². The normalized spacial score (nSPS) is 12.6. The fraction of sp³-hybridized carbons (Fsp3) is 0.909. The van der Waals surface area contributed by atoms with Crippen LogP contribution in [-0.2, 0) is 30.8 Å². The predicted octanol–water partition coefficient (Wildman–Crippen LogP) is 3.50. The Morgan fingerprint density at radius 2 is 1.56 bits per heavy atom. The summed E-state index contributed by atoms with van der Waals surface area (Å²) in [4.78, 5) is 11.1. The molecule has 0 saturated heterocycles. The van der Waals surface area contributed by atoms with Crippen molar-refractivity contribution in [1.82, 2.24) is 0 Å². The summed E-state index contributed by atoms with van der Waals surface area (Å²) < 4.78 is 24.5. The zero-order chi connectivity index (χ0) is 12.7. The van der Waals surface area contributed by atoms with Crippen LogP contribution >= 0.6 is 0 Å². The van der Waals surface area contributed by atoms with E-state index in [4.69, 9.17) is 6.64 Å². The molecule has 0 amide bonds. The van der Waals surface area contributed by atoms with E-state index in [1.54, 1.807) is 0 Å². The van der Waals surface area contributed by atoms with Crippen LogP contribution in [0.3, 0.4) is 0 Å². The average Bonchev–Trinajstić information content (AvgIpc) is 2.14. The molecule has 4 nitrogen and oxygen atoms in total. The van der Waals surface area contributed by atoms with Crippen LogP contribution in [0.2, 0.25) is 9.45 Å². The molecule has 0 spiro atoms. The first-order chi connectivity index (χ1) is 7.40. The summed E-state index contributed by atoms with van der Waals surface area (Å²) in [5.74, 6) is -0.495. The van der Waals surface area contributed by atoms with Crippen molar-refractivity contribution in [1.29, 1.82) is 0 Å². The van der Waals surface area contributed by atoms with E-state index >= 15 is 0 Å². The fourth-order valence-electron chi connectivity index (χ4n) is 2.02. The molecule has 0 aromatic carbocycles. The zero-order valence-corrected chi connectivity index (χ0v) is 12.4. The molecule has 0 N–H and O–H groups in total. The molecule has 0 rings (SSSR count). The van der Waals surface area contributed by atoms with Crippen LogP contribution < -0.4 is 0 Å². The Morgan fingerprint density at radius 1 is 1.06 bits per heavy atom. The molecule has 5 heteroatoms. The molecule has 0 saturated carbocycles. The van der Waals surface area contributed by atoms with Gasteiger partial charge in [0.25, 0.3) is 0 Å². The van der Waals surface area contributed by atoms with E-state index in [0.717, 1.165) is 6.42 Å². The minimum absolute atomic E-state index is 0.380. The Morgan fingerprint density at radius 3 is 1.88 bits per heavy atom. The second-order valence-electron chi connectivity index (χ2n) is 4.31. The fourth-order valence-corrected chi connectivity index (χ4v) is 8.32. The summed E-state index contributed by atoms with van der Waals surface area (Å²) >= 11 is -4.70. The van der Waals surface area contributed by atoms with Crippen molar-refractivity contribution in [3.8, 4) is 0 Å². The van der Waals surface area contributed by atoms with Crippen molar-refractivity contribution < 1.29 is 30.8 Å². The van der Waals surface area contributed by atoms with Gasteiger partial charge in [0.1, 0.15) is 0 Å². The maximum atomic E-state index is 13.0. The van der Waals surface area contributed by atoms with Gasteiger partial charge in [0.05, 0.1) is 0 Å². The van der Waals surface area contributed by atoms with Crippen molar-refractivity contribution >= 4 is 5.97 Å². The van der Waals surface area contributed by atoms with Crippen LogP contribution in [-0.4, -0.2) is 12.6 Å². The first kappa shape index (κ1) is 15.9. The number of hydrogen-bond donors (Lipinski definition) is 0. The van der Waals surface area contributed by atoms with Gasteiger partial charge in [0.15, 0.2) is 0 Å². The summed E-state index contributed by atoms with van der Waals surface area (Å²) in [5, 5.41) is 0. The van der Waals surface area contributed by atoms with Crippen LogP contribution in [0.4, 0.5) is 0 Å². The Labute approximate surface area is 99.9 Å². The molecule has 0 heterocycles. The molecule has 16 heavy (non-hydrogen) atoms. The van der Waals surface area contributed by atoms with Gasteiger partial charge in [-0.1, -0.05) is 0 Å². The van der Waals surface area contributed by atoms with E-state index in [1.807, 2.05) is 20.8 Å². The van der Waals surface area contributed by atoms with E-state index in [2.05, 4.69) is 0 Å². The molecule has 0 aromatic heterocycles. The van der Waals surface area contributed by atoms with Gasteiger partial charge in [-0.25, -0.2) is 0 Å². The first-order valence-corrected chi connectivity index (χ1v) is 10.3. The van der Waals surface area contributed by atoms with E-state index < -0.39 is 22.0 Å². The molecule has 0 aliphatic rings. The van der Waals surface area contributed by atoms with Crippen molar-refractivity contribution in [3.05, 3.63) is 0 Å². The van der Waals surface area contributed by atoms with Crippen molar-refractivity contribution in [2.75, 3.05) is 6.61 Å². The molecule has 0 fully saturated rings. The molecule has 0 radical (unpaired) electrons. The van der Waals surface area contributed by atoms with Crippen LogP contribution in [0.1, 0.15) is 47.0 Å². The van der Waals surface area contributed by atoms with E-state index in [1.165, 1.54) is 6.92 Å². The molecule has 0 unspecified atom stereocenters. The standard InChI is InChI=1S/C3H7O.2C3H7.C2H4O2.O.Ti/c1-2-3-4;2*1-3-2;1-2(3)4;;/h2-3H2,1H3;2*1,3H2,2H3;1H3,(H,3,4);;/q-1;;;;;+2/p-1. The molecular formula is C11H24O4Ti. The third kappa shape index (κ3) is 4.85. The number of carbonyl (C=O) groups is 1. The molecule has 0 bridgehead atoms. The van der Waals surface area contributed by atoms with Crippen molar-refractivity contribution in [2.24, 2.45) is 0 Å². The van der Waals surface area contributed by atoms with Gasteiger partial charge in [-0.2, -0.15) is 0 Å². The van der Waals surface area contributed by atoms with Gasteiger partial charge in [-0.15, -0.1) is 0 Å². The van der Waals surface area contributed by atoms with Crippen LogP contribution in [0.25, 0.3) is 0 Å². The maximum absolute atomic E-state index is 13.0. The summed E-state index contributed by atoms with van der Waals surface area (Å²) in [6.07, 6.45) is 2.19. The Balaban J connectivity index is 5.03. The van der Waals surface area contributed by atoms with E-state index in [-0.39, 0.29) is 0 Å². The second kappa shape index (κ2) is 6.62. The van der Waals surface area contributed by atoms with E-state index in [9.17, 15) is 8.12 Å². The first-order valence-electron chi connectivity index (χ1n) is 6.14. The number of rotatable bonds is 8. The van der Waals surface area contributed by atoms with Crippen LogP contribution in [0, 0.1) is 0 Å². The SMILES string of the molecule is CCC[O][Ti](=[O])([CH2]CC)([CH2]CC)[O]C(C)=O. The van der Waals surface area contributed by atoms with E-state index in [0.29, 0.717) is 28.9 Å². The van der Waals surface area contributed by atoms with Crippen LogP contribution in [0.15, 0.2) is 0 Å². The number of hydrogen-bond acceptors (Lipinski definition) is 4. The summed E-state index contributed by atoms with van der Waals surface area (Å²) in [5.41, 5.74) is 0. The predicted molar refractivity (Wildman–Crippen MR) is 58.9 cm³/mol. The average molecular weight is 268 g/mol. The quantitative estimate of drug-likeness (QED) is 0.632. The Hall–Kier alpha value is -0.0557. The molecule has 0 aliphatic heterocycles. The summed E-state index contributed by atoms with van der Waals surface area (Å²) in [6.45, 7) is 7.49. The summed E-state index contributed by atoms with van der Waals surface area (Å²) in [7, 11) is 0. The van der Waals surface area contributed by atoms with Crippen molar-refractivity contribution in [3.63, 3.8) is 0 Å². The monoisotopic (exact) mass is 268 g/mol. The Kier molecular flexibility index (Phi) is 6.60. The van der Waals surface area contributed by atoms with Crippen molar-refractivity contribution in [2.45, 2.75) is 56.4 Å². The van der Waals surface area contributed by atoms with Gasteiger partial charge >= 0.3 is 99.8 Å². The minimum atomic E-state index is -4.70. The van der Waals surface area contributed by atoms with Gasteiger partial charge in [0, 0.05) is 0 Å². The Bertz CT molecular complexity index is 276. The third-order valence-corrected chi connectivity index (χ3v) is 9.53. The van der Waals surface area contributed by atoms with Gasteiger partial charge < -0.3 is 0 Å². The molecule has 0 atom stereocenters. The molecule has 0 aliphatic carbocycles. The summed E-state index contributed by atoms with van der Waals surface area (Å²) in [6, 6.07) is 0. The molecular weight excluding hydrogens is 244 g/mol. The number of carbonyl (C=O) groups excluding carboxylic acids is 1. The van der Waals surface area contributed by atoms with Gasteiger partial charge in [0.2, 0.25) is 0 Å². The third-order valence-electron chi connectivity index (χ3n) is 2.47. The molecule has 0 aromatic rings. The zero-order valence-electron chi connectivity index (χ0n) is 10.9. The second-order valence-corrected chi connectivity index (χ2v) is 10.9. The topological polar surface area (TPSA) is 52.6 Å². The molecule has 96 valence electrons. The van der Waals surface area contributed by atoms with Gasteiger partial charge in [-0.3, -0.25) is 0 Å².